The number of hydrogen-bond acceptors (Lipinski definition) is 6. The second-order valence-corrected chi connectivity index (χ2v) is 11.0. The number of carbonyl (C=O) groups excluding carboxylic acids is 1. The molecule has 9 nitrogen and oxygen atoms in total. The SMILES string of the molecule is Cc1cc(C)c(S(=O)(=O)N(CC(=O)N/N=C/c2ccccc2[N+](=O)[O-])Cc2ccc(Cl)c(Cl)c2)c(C)c1. The lowest BCUT2D eigenvalue weighted by atomic mass is 10.1. The number of para-hydroxylation sites is 1. The molecule has 0 spiro atoms. The van der Waals surface area contributed by atoms with E-state index in [1.165, 1.54) is 24.3 Å². The van der Waals surface area contributed by atoms with Gasteiger partial charge in [-0.3, -0.25) is 14.9 Å². The van der Waals surface area contributed by atoms with Crippen molar-refractivity contribution in [2.75, 3.05) is 6.54 Å². The zero-order valence-electron chi connectivity index (χ0n) is 20.2. The number of nitro benzene ring substituents is 1. The number of halogens is 2. The standard InChI is InChI=1S/C25H24Cl2N4O5S/c1-16-10-17(2)25(18(3)11-16)37(35,36)30(14-19-8-9-21(26)22(27)12-19)15-24(32)29-28-13-20-6-4-5-7-23(20)31(33)34/h4-13H,14-15H2,1-3H3,(H,29,32)/b28-13+. The molecule has 0 bridgehead atoms. The Bertz CT molecular complexity index is 1470. The van der Waals surface area contributed by atoms with Crippen LogP contribution in [0, 0.1) is 30.9 Å². The molecule has 12 heteroatoms. The Morgan fingerprint density at radius 3 is 2.32 bits per heavy atom. The van der Waals surface area contributed by atoms with Crippen molar-refractivity contribution in [3.63, 3.8) is 0 Å². The topological polar surface area (TPSA) is 122 Å². The number of nitro groups is 1. The van der Waals surface area contributed by atoms with Gasteiger partial charge in [-0.1, -0.05) is 59.1 Å². The summed E-state index contributed by atoms with van der Waals surface area (Å²) in [6.07, 6.45) is 1.13. The van der Waals surface area contributed by atoms with Gasteiger partial charge in [0.2, 0.25) is 10.0 Å². The van der Waals surface area contributed by atoms with Gasteiger partial charge in [0.15, 0.2) is 0 Å². The van der Waals surface area contributed by atoms with Crippen LogP contribution < -0.4 is 5.43 Å². The molecule has 1 N–H and O–H groups in total. The summed E-state index contributed by atoms with van der Waals surface area (Å²) in [4.78, 5) is 23.5. The molecule has 3 aromatic carbocycles. The summed E-state index contributed by atoms with van der Waals surface area (Å²) >= 11 is 12.1. The highest BCUT2D eigenvalue weighted by Crippen LogP contribution is 2.28. The van der Waals surface area contributed by atoms with Gasteiger partial charge in [0.05, 0.1) is 38.2 Å². The van der Waals surface area contributed by atoms with Gasteiger partial charge in [0, 0.05) is 12.6 Å². The number of amides is 1. The van der Waals surface area contributed by atoms with Crippen LogP contribution in [0.1, 0.15) is 27.8 Å². The zero-order chi connectivity index (χ0) is 27.3. The number of aryl methyl sites for hydroxylation is 3. The molecule has 0 aliphatic rings. The number of sulfonamides is 1. The number of nitrogens with one attached hydrogen (secondary N) is 1. The maximum Gasteiger partial charge on any atom is 0.278 e. The third-order valence-electron chi connectivity index (χ3n) is 5.39. The second kappa shape index (κ2) is 11.8. The molecule has 0 aromatic heterocycles. The van der Waals surface area contributed by atoms with Crippen LogP contribution in [0.25, 0.3) is 0 Å². The average molecular weight is 563 g/mol. The van der Waals surface area contributed by atoms with Gasteiger partial charge in [0.25, 0.3) is 11.6 Å². The van der Waals surface area contributed by atoms with Crippen molar-refractivity contribution in [2.24, 2.45) is 5.10 Å². The summed E-state index contributed by atoms with van der Waals surface area (Å²) in [7, 11) is -4.14. The first-order valence-corrected chi connectivity index (χ1v) is 13.2. The molecule has 0 aliphatic heterocycles. The minimum atomic E-state index is -4.14. The van der Waals surface area contributed by atoms with Gasteiger partial charge in [-0.25, -0.2) is 13.8 Å². The fourth-order valence-electron chi connectivity index (χ4n) is 3.90. The molecule has 0 atom stereocenters. The highest BCUT2D eigenvalue weighted by Gasteiger charge is 2.30. The van der Waals surface area contributed by atoms with Crippen LogP contribution >= 0.6 is 23.2 Å². The van der Waals surface area contributed by atoms with Crippen LogP contribution in [0.15, 0.2) is 64.6 Å². The number of hydrogen-bond donors (Lipinski definition) is 1. The largest absolute Gasteiger partial charge is 0.278 e. The van der Waals surface area contributed by atoms with Crippen LogP contribution in [0.3, 0.4) is 0 Å². The normalized spacial score (nSPS) is 11.7. The molecule has 0 unspecified atom stereocenters. The van der Waals surface area contributed by atoms with Gasteiger partial charge in [-0.2, -0.15) is 9.41 Å². The minimum absolute atomic E-state index is 0.106. The first-order valence-electron chi connectivity index (χ1n) is 11.0. The molecule has 37 heavy (non-hydrogen) atoms. The van der Waals surface area contributed by atoms with E-state index in [1.54, 1.807) is 44.2 Å². The molecule has 3 rings (SSSR count). The Labute approximate surface area is 224 Å². The smallest absolute Gasteiger partial charge is 0.272 e. The molecule has 1 amide bonds. The zero-order valence-corrected chi connectivity index (χ0v) is 22.6. The van der Waals surface area contributed by atoms with E-state index in [9.17, 15) is 23.3 Å². The van der Waals surface area contributed by atoms with Gasteiger partial charge in [0.1, 0.15) is 0 Å². The van der Waals surface area contributed by atoms with E-state index in [0.29, 0.717) is 21.7 Å². The van der Waals surface area contributed by atoms with E-state index < -0.39 is 27.4 Å². The summed E-state index contributed by atoms with van der Waals surface area (Å²) in [5, 5.41) is 15.5. The van der Waals surface area contributed by atoms with Crippen LogP contribution in [0.2, 0.25) is 10.0 Å². The molecule has 0 saturated carbocycles. The van der Waals surface area contributed by atoms with Crippen LogP contribution in [-0.4, -0.2) is 36.3 Å². The quantitative estimate of drug-likeness (QED) is 0.219. The first-order chi connectivity index (χ1) is 17.4. The predicted molar refractivity (Wildman–Crippen MR) is 144 cm³/mol. The lowest BCUT2D eigenvalue weighted by molar-refractivity contribution is -0.385. The van der Waals surface area contributed by atoms with Crippen molar-refractivity contribution in [1.29, 1.82) is 0 Å². The number of hydrazone groups is 1. The summed E-state index contributed by atoms with van der Waals surface area (Å²) in [6, 6.07) is 14.1. The van der Waals surface area contributed by atoms with Gasteiger partial charge < -0.3 is 0 Å². The molecule has 0 aliphatic carbocycles. The van der Waals surface area contributed by atoms with Crippen molar-refractivity contribution in [2.45, 2.75) is 32.2 Å². The van der Waals surface area contributed by atoms with Gasteiger partial charge in [-0.05, 0) is 55.7 Å². The molecular weight excluding hydrogens is 539 g/mol. The Hall–Kier alpha value is -3.31. The third kappa shape index (κ3) is 6.92. The lowest BCUT2D eigenvalue weighted by Crippen LogP contribution is -2.39. The van der Waals surface area contributed by atoms with E-state index in [4.69, 9.17) is 23.2 Å². The van der Waals surface area contributed by atoms with Crippen molar-refractivity contribution in [3.05, 3.63) is 103 Å². The molecule has 0 heterocycles. The van der Waals surface area contributed by atoms with Crippen molar-refractivity contribution < 1.29 is 18.1 Å². The molecule has 0 fully saturated rings. The third-order valence-corrected chi connectivity index (χ3v) is 8.23. The van der Waals surface area contributed by atoms with Crippen molar-refractivity contribution >= 4 is 51.0 Å². The van der Waals surface area contributed by atoms with E-state index >= 15 is 0 Å². The van der Waals surface area contributed by atoms with Gasteiger partial charge in [-0.15, -0.1) is 0 Å². The van der Waals surface area contributed by atoms with Crippen molar-refractivity contribution in [3.8, 4) is 0 Å². The predicted octanol–water partition coefficient (Wildman–Crippen LogP) is 5.17. The monoisotopic (exact) mass is 562 g/mol. The van der Waals surface area contributed by atoms with E-state index in [2.05, 4.69) is 10.5 Å². The van der Waals surface area contributed by atoms with E-state index in [0.717, 1.165) is 16.1 Å². The Morgan fingerprint density at radius 2 is 1.70 bits per heavy atom. The molecule has 3 aromatic rings. The van der Waals surface area contributed by atoms with Crippen LogP contribution in [0.5, 0.6) is 0 Å². The molecule has 0 radical (unpaired) electrons. The fourth-order valence-corrected chi connectivity index (χ4v) is 6.02. The first kappa shape index (κ1) is 28.3. The molecule has 194 valence electrons. The highest BCUT2D eigenvalue weighted by atomic mass is 35.5. The van der Waals surface area contributed by atoms with Crippen LogP contribution in [0.4, 0.5) is 5.69 Å². The Balaban J connectivity index is 1.91. The summed E-state index contributed by atoms with van der Waals surface area (Å²) in [5.41, 5.74) is 4.77. The van der Waals surface area contributed by atoms with Crippen LogP contribution in [-0.2, 0) is 21.4 Å². The summed E-state index contributed by atoms with van der Waals surface area (Å²) in [6.45, 7) is 4.53. The van der Waals surface area contributed by atoms with E-state index in [1.807, 2.05) is 6.92 Å². The van der Waals surface area contributed by atoms with Crippen molar-refractivity contribution in [1.82, 2.24) is 9.73 Å². The molecular formula is C25H24Cl2N4O5S. The molecule has 0 saturated heterocycles. The Kier molecular flexibility index (Phi) is 9.03. The number of carbonyl (C=O) groups is 1. The maximum absolute atomic E-state index is 13.8. The van der Waals surface area contributed by atoms with Gasteiger partial charge >= 0.3 is 0 Å². The summed E-state index contributed by atoms with van der Waals surface area (Å²) in [5.74, 6) is -0.735. The maximum atomic E-state index is 13.8. The average Bonchev–Trinajstić information content (AvgIpc) is 2.80. The highest BCUT2D eigenvalue weighted by molar-refractivity contribution is 7.89. The number of benzene rings is 3. The fraction of sp³-hybridized carbons (Fsp3) is 0.200. The minimum Gasteiger partial charge on any atom is -0.272 e. The van der Waals surface area contributed by atoms with E-state index in [-0.39, 0.29) is 27.7 Å². The lowest BCUT2D eigenvalue weighted by Gasteiger charge is -2.24. The number of nitrogens with zero attached hydrogens (tertiary/aromatic N) is 3. The summed E-state index contributed by atoms with van der Waals surface area (Å²) < 4.78 is 28.6. The Morgan fingerprint density at radius 1 is 1.05 bits per heavy atom. The second-order valence-electron chi connectivity index (χ2n) is 8.36. The number of rotatable bonds is 9.